The SMILES string of the molecule is CC(=O)N1c2ccc(N(C)C)cc2Sc2cc(N(C)C)ccc21.CN(C)c1ccc2c(c1)Sc1cc(N(C)C)ccc1N2.CN(C)c1ccc2nc3ccc(=[N+](C)C)cc-3sc2c1.[Br-].c1ccc2c(c1)Nc1ccccc1S2. The van der Waals surface area contributed by atoms with Crippen LogP contribution < -0.4 is 66.9 Å². The van der Waals surface area contributed by atoms with Crippen molar-refractivity contribution in [3.8, 4) is 10.6 Å². The Morgan fingerprint density at radius 2 is 0.859 bits per heavy atom. The number of benzene rings is 8. The highest BCUT2D eigenvalue weighted by atomic mass is 79.9. The van der Waals surface area contributed by atoms with E-state index in [1.807, 2.05) is 63.8 Å². The number of para-hydroxylation sites is 2. The van der Waals surface area contributed by atoms with Gasteiger partial charge in [0, 0.05) is 147 Å². The summed E-state index contributed by atoms with van der Waals surface area (Å²) in [6, 6.07) is 55.1. The highest BCUT2D eigenvalue weighted by molar-refractivity contribution is 8.00. The summed E-state index contributed by atoms with van der Waals surface area (Å²) in [6.45, 7) is 1.61. The third kappa shape index (κ3) is 13.0. The summed E-state index contributed by atoms with van der Waals surface area (Å²) >= 11 is 7.17. The van der Waals surface area contributed by atoms with Gasteiger partial charge in [-0.2, -0.15) is 0 Å². The monoisotopic (exact) mass is 1170 g/mol. The van der Waals surface area contributed by atoms with Crippen molar-refractivity contribution in [2.75, 3.05) is 125 Å². The fourth-order valence-corrected chi connectivity index (χ4v) is 12.8. The van der Waals surface area contributed by atoms with Crippen LogP contribution in [0.25, 0.3) is 20.8 Å². The van der Waals surface area contributed by atoms with E-state index in [0.29, 0.717) is 0 Å². The van der Waals surface area contributed by atoms with E-state index < -0.39 is 0 Å². The lowest BCUT2D eigenvalue weighted by atomic mass is 10.2. The van der Waals surface area contributed by atoms with Crippen LogP contribution in [0.5, 0.6) is 0 Å². The van der Waals surface area contributed by atoms with Crippen molar-refractivity contribution in [2.24, 2.45) is 0 Å². The maximum atomic E-state index is 12.3. The number of hydrogen-bond donors (Lipinski definition) is 2. The van der Waals surface area contributed by atoms with Gasteiger partial charge in [-0.3, -0.25) is 9.69 Å². The van der Waals surface area contributed by atoms with E-state index in [1.165, 1.54) is 74.3 Å². The molecule has 0 saturated heterocycles. The van der Waals surface area contributed by atoms with Crippen molar-refractivity contribution < 1.29 is 21.8 Å². The lowest BCUT2D eigenvalue weighted by molar-refractivity contribution is -0.115. The molecule has 0 bridgehead atoms. The number of nitrogens with zero attached hydrogens (tertiary/aromatic N) is 8. The molecule has 0 aromatic heterocycles. The fraction of sp³-hybridized carbons (Fsp3) is 0.210. The van der Waals surface area contributed by atoms with Gasteiger partial charge in [0.2, 0.25) is 11.3 Å². The Labute approximate surface area is 487 Å². The van der Waals surface area contributed by atoms with Crippen molar-refractivity contribution in [3.05, 3.63) is 163 Å². The van der Waals surface area contributed by atoms with Crippen molar-refractivity contribution in [1.82, 2.24) is 9.56 Å². The lowest BCUT2D eigenvalue weighted by Gasteiger charge is -2.32. The maximum absolute atomic E-state index is 12.3. The van der Waals surface area contributed by atoms with Gasteiger partial charge in [-0.05, 0) is 121 Å². The number of anilines is 11. The standard InChI is InChI=1S/C18H21N3OS.C16H19N3S.C16H18N3S.C12H9NS.BrH/c1-12(22)21-15-8-6-13(19(2)3)10-17(15)23-18-11-14(20(4)5)7-9-16(18)21;2*1-18(2)11-5-7-13-15(9-11)20-16-10-12(19(3)4)6-8-14(16)17-13;1-3-7-11-9(5-1)13-10-6-2-4-8-12(10)14-11;/h6-11H,1-5H3;5-10,17H,1-4H3;5-10H,1-4H3;1-8,13H;1H/q;;+1;;/p-1. The first-order valence-electron chi connectivity index (χ1n) is 25.2. The molecule has 0 saturated carbocycles. The van der Waals surface area contributed by atoms with Crippen LogP contribution in [0.3, 0.4) is 0 Å². The summed E-state index contributed by atoms with van der Waals surface area (Å²) in [5.74, 6) is 0.0306. The molecule has 2 N–H and O–H groups in total. The molecule has 5 aliphatic rings. The molecule has 1 aliphatic carbocycles. The van der Waals surface area contributed by atoms with Gasteiger partial charge in [0.15, 0.2) is 0 Å². The molecule has 0 spiro atoms. The Bertz CT molecular complexity index is 3470. The molecule has 4 aliphatic heterocycles. The van der Waals surface area contributed by atoms with E-state index in [9.17, 15) is 4.79 Å². The summed E-state index contributed by atoms with van der Waals surface area (Å²) in [6.07, 6.45) is 0. The predicted octanol–water partition coefficient (Wildman–Crippen LogP) is 11.4. The smallest absolute Gasteiger partial charge is 0.228 e. The van der Waals surface area contributed by atoms with Crippen molar-refractivity contribution in [1.29, 1.82) is 0 Å². The van der Waals surface area contributed by atoms with Gasteiger partial charge in [0.25, 0.3) is 0 Å². The van der Waals surface area contributed by atoms with E-state index in [4.69, 9.17) is 4.98 Å². The predicted molar refractivity (Wildman–Crippen MR) is 335 cm³/mol. The number of carbonyl (C=O) groups is 1. The Hall–Kier alpha value is -6.82. The highest BCUT2D eigenvalue weighted by Gasteiger charge is 2.27. The van der Waals surface area contributed by atoms with E-state index >= 15 is 0 Å². The molecule has 0 unspecified atom stereocenters. The number of carbonyl (C=O) groups excluding carboxylic acids is 1. The zero-order valence-electron chi connectivity index (χ0n) is 46.5. The van der Waals surface area contributed by atoms with E-state index in [2.05, 4.69) is 242 Å². The second-order valence-corrected chi connectivity index (χ2v) is 24.3. The summed E-state index contributed by atoms with van der Waals surface area (Å²) in [4.78, 5) is 37.9. The molecule has 0 radical (unpaired) electrons. The first-order chi connectivity index (χ1) is 36.9. The quantitative estimate of drug-likeness (QED) is 0.127. The van der Waals surface area contributed by atoms with Crippen LogP contribution >= 0.6 is 46.6 Å². The molecule has 0 fully saturated rings. The Balaban J connectivity index is 0.000000138. The van der Waals surface area contributed by atoms with Crippen molar-refractivity contribution in [3.63, 3.8) is 0 Å². The van der Waals surface area contributed by atoms with Crippen LogP contribution in [-0.4, -0.2) is 95.5 Å². The second kappa shape index (κ2) is 24.9. The molecule has 7 aromatic rings. The number of fused-ring (bicyclic) bond motifs is 8. The largest absolute Gasteiger partial charge is 1.00 e. The second-order valence-electron chi connectivity index (χ2n) is 20.0. The molecule has 7 aromatic carbocycles. The van der Waals surface area contributed by atoms with E-state index in [0.717, 1.165) is 43.8 Å². The van der Waals surface area contributed by atoms with Crippen LogP contribution in [0.2, 0.25) is 0 Å². The Morgan fingerprint density at radius 3 is 1.32 bits per heavy atom. The highest BCUT2D eigenvalue weighted by Crippen LogP contribution is 2.51. The molecule has 0 atom stereocenters. The van der Waals surface area contributed by atoms with Gasteiger partial charge in [0.05, 0.1) is 54.9 Å². The zero-order chi connectivity index (χ0) is 54.7. The van der Waals surface area contributed by atoms with E-state index in [-0.39, 0.29) is 22.9 Å². The molecular weight excluding hydrogens is 1110 g/mol. The van der Waals surface area contributed by atoms with Gasteiger partial charge >= 0.3 is 0 Å². The number of amides is 1. The molecular formula is C62H67BrN10OS4. The first kappa shape index (κ1) is 57.4. The Kier molecular flexibility index (Phi) is 18.3. The Morgan fingerprint density at radius 1 is 0.462 bits per heavy atom. The van der Waals surface area contributed by atoms with Gasteiger partial charge < -0.3 is 52.1 Å². The molecule has 11 nitrogen and oxygen atoms in total. The number of aromatic nitrogens is 1. The van der Waals surface area contributed by atoms with Crippen LogP contribution in [0.15, 0.2) is 187 Å². The number of halogens is 1. The summed E-state index contributed by atoms with van der Waals surface area (Å²) in [5.41, 5.74) is 14.7. The molecule has 402 valence electrons. The van der Waals surface area contributed by atoms with Crippen LogP contribution in [0.1, 0.15) is 6.92 Å². The summed E-state index contributed by atoms with van der Waals surface area (Å²) in [7, 11) is 24.6. The van der Waals surface area contributed by atoms with Crippen molar-refractivity contribution in [2.45, 2.75) is 36.3 Å². The normalized spacial score (nSPS) is 11.9. The molecule has 1 amide bonds. The minimum Gasteiger partial charge on any atom is -1.00 e. The molecule has 78 heavy (non-hydrogen) atoms. The molecule has 4 heterocycles. The third-order valence-corrected chi connectivity index (χ3v) is 17.5. The van der Waals surface area contributed by atoms with Crippen LogP contribution in [0.4, 0.5) is 62.6 Å². The average molecular weight is 1180 g/mol. The minimum atomic E-state index is 0. The van der Waals surface area contributed by atoms with Gasteiger partial charge in [-0.15, -0.1) is 11.3 Å². The number of nitrogens with one attached hydrogen (secondary N) is 2. The fourth-order valence-electron chi connectivity index (χ4n) is 8.64. The topological polar surface area (TPSA) is 76.5 Å². The lowest BCUT2D eigenvalue weighted by Crippen LogP contribution is -3.00. The minimum absolute atomic E-state index is 0. The molecule has 16 heteroatoms. The molecule has 12 rings (SSSR count). The number of rotatable bonds is 5. The number of hydrogen-bond acceptors (Lipinski definition) is 13. The summed E-state index contributed by atoms with van der Waals surface area (Å²) < 4.78 is 3.34. The van der Waals surface area contributed by atoms with Gasteiger partial charge in [-0.1, -0.05) is 59.6 Å². The summed E-state index contributed by atoms with van der Waals surface area (Å²) in [5, 5.41) is 8.14. The first-order valence-corrected chi connectivity index (χ1v) is 28.5. The van der Waals surface area contributed by atoms with Crippen molar-refractivity contribution >= 4 is 125 Å². The van der Waals surface area contributed by atoms with Crippen LogP contribution in [0, 0.1) is 0 Å². The van der Waals surface area contributed by atoms with Gasteiger partial charge in [-0.25, -0.2) is 9.56 Å². The average Bonchev–Trinajstić information content (AvgIpc) is 3.46. The van der Waals surface area contributed by atoms with Gasteiger partial charge in [0.1, 0.15) is 14.1 Å². The third-order valence-electron chi connectivity index (χ3n) is 13.0. The maximum Gasteiger partial charge on any atom is 0.228 e. The zero-order valence-corrected chi connectivity index (χ0v) is 51.4. The van der Waals surface area contributed by atoms with Crippen LogP contribution in [-0.2, 0) is 4.79 Å². The van der Waals surface area contributed by atoms with E-state index in [1.54, 1.807) is 34.9 Å².